The number of nitrogens with two attached hydrogens (primary N) is 1. The zero-order chi connectivity index (χ0) is 13.8. The highest BCUT2D eigenvalue weighted by molar-refractivity contribution is 9.10. The van der Waals surface area contributed by atoms with E-state index >= 15 is 0 Å². The molecule has 2 aromatic carbocycles. The molecule has 2 N–H and O–H groups in total. The molecule has 0 saturated heterocycles. The van der Waals surface area contributed by atoms with Crippen LogP contribution in [0.1, 0.15) is 5.56 Å². The van der Waals surface area contributed by atoms with Gasteiger partial charge in [-0.2, -0.15) is 0 Å². The Balaban J connectivity index is 2.21. The molecule has 2 aromatic rings. The maximum atomic E-state index is 13.4. The molecule has 2 nitrogen and oxygen atoms in total. The largest absolute Gasteiger partial charge is 0.454 e. The minimum Gasteiger partial charge on any atom is -0.454 e. The molecule has 100 valence electrons. The molecule has 0 saturated carbocycles. The van der Waals surface area contributed by atoms with Crippen LogP contribution in [0.5, 0.6) is 11.5 Å². The van der Waals surface area contributed by atoms with Gasteiger partial charge in [0, 0.05) is 10.5 Å². The average molecular weight is 328 g/mol. The maximum Gasteiger partial charge on any atom is 0.168 e. The Morgan fingerprint density at radius 2 is 1.89 bits per heavy atom. The van der Waals surface area contributed by atoms with Crippen LogP contribution in [0.3, 0.4) is 0 Å². The molecular weight excluding hydrogens is 316 g/mol. The SMILES string of the molecule is NCCc1ccc(Oc2ccc(F)cc2F)cc1Br. The first kappa shape index (κ1) is 14.0. The van der Waals surface area contributed by atoms with Gasteiger partial charge in [-0.25, -0.2) is 8.78 Å². The van der Waals surface area contributed by atoms with Gasteiger partial charge in [0.1, 0.15) is 11.6 Å². The summed E-state index contributed by atoms with van der Waals surface area (Å²) in [6.45, 7) is 0.547. The van der Waals surface area contributed by atoms with Gasteiger partial charge in [0.15, 0.2) is 11.6 Å². The standard InChI is InChI=1S/C14H12BrF2NO/c15-12-8-11(3-1-9(12)5-6-18)19-14-4-2-10(16)7-13(14)17/h1-4,7-8H,5-6,18H2. The van der Waals surface area contributed by atoms with Crippen molar-refractivity contribution in [2.75, 3.05) is 6.54 Å². The molecule has 0 aliphatic heterocycles. The zero-order valence-electron chi connectivity index (χ0n) is 10.00. The molecule has 0 bridgehead atoms. The molecule has 0 radical (unpaired) electrons. The van der Waals surface area contributed by atoms with Crippen LogP contribution < -0.4 is 10.5 Å². The molecule has 0 heterocycles. The van der Waals surface area contributed by atoms with E-state index < -0.39 is 11.6 Å². The van der Waals surface area contributed by atoms with Gasteiger partial charge >= 0.3 is 0 Å². The van der Waals surface area contributed by atoms with Gasteiger partial charge in [-0.1, -0.05) is 22.0 Å². The van der Waals surface area contributed by atoms with E-state index in [2.05, 4.69) is 15.9 Å². The fraction of sp³-hybridized carbons (Fsp3) is 0.143. The van der Waals surface area contributed by atoms with E-state index in [1.165, 1.54) is 6.07 Å². The van der Waals surface area contributed by atoms with E-state index in [1.807, 2.05) is 6.07 Å². The van der Waals surface area contributed by atoms with Crippen molar-refractivity contribution < 1.29 is 13.5 Å². The lowest BCUT2D eigenvalue weighted by Crippen LogP contribution is -2.03. The Kier molecular flexibility index (Phi) is 4.50. The summed E-state index contributed by atoms with van der Waals surface area (Å²) in [6.07, 6.45) is 0.742. The van der Waals surface area contributed by atoms with Crippen LogP contribution in [0.25, 0.3) is 0 Å². The number of halogens is 3. The molecule has 0 unspecified atom stereocenters. The number of hydrogen-bond donors (Lipinski definition) is 1. The lowest BCUT2D eigenvalue weighted by molar-refractivity contribution is 0.437. The minimum absolute atomic E-state index is 0.0140. The first-order valence-electron chi connectivity index (χ1n) is 5.71. The molecule has 0 spiro atoms. The van der Waals surface area contributed by atoms with Crippen LogP contribution >= 0.6 is 15.9 Å². The molecule has 19 heavy (non-hydrogen) atoms. The predicted octanol–water partition coefficient (Wildman–Crippen LogP) is 4.02. The van der Waals surface area contributed by atoms with Gasteiger partial charge in [-0.05, 0) is 42.8 Å². The van der Waals surface area contributed by atoms with E-state index in [0.29, 0.717) is 12.3 Å². The topological polar surface area (TPSA) is 35.2 Å². The third-order valence-corrected chi connectivity index (χ3v) is 3.30. The summed E-state index contributed by atoms with van der Waals surface area (Å²) >= 11 is 3.40. The normalized spacial score (nSPS) is 10.5. The van der Waals surface area contributed by atoms with Gasteiger partial charge < -0.3 is 10.5 Å². The molecule has 0 fully saturated rings. The zero-order valence-corrected chi connectivity index (χ0v) is 11.6. The fourth-order valence-electron chi connectivity index (χ4n) is 1.63. The van der Waals surface area contributed by atoms with Crippen LogP contribution in [0.4, 0.5) is 8.78 Å². The first-order valence-corrected chi connectivity index (χ1v) is 6.51. The van der Waals surface area contributed by atoms with E-state index in [9.17, 15) is 8.78 Å². The number of rotatable bonds is 4. The average Bonchev–Trinajstić information content (AvgIpc) is 2.36. The summed E-state index contributed by atoms with van der Waals surface area (Å²) in [4.78, 5) is 0. The molecule has 0 aliphatic rings. The second kappa shape index (κ2) is 6.12. The van der Waals surface area contributed by atoms with Crippen LogP contribution in [0, 0.1) is 11.6 Å². The summed E-state index contributed by atoms with van der Waals surface area (Å²) < 4.78 is 32.4. The quantitative estimate of drug-likeness (QED) is 0.920. The van der Waals surface area contributed by atoms with Crippen molar-refractivity contribution in [1.82, 2.24) is 0 Å². The van der Waals surface area contributed by atoms with Gasteiger partial charge in [0.2, 0.25) is 0 Å². The minimum atomic E-state index is -0.734. The summed E-state index contributed by atoms with van der Waals surface area (Å²) in [7, 11) is 0. The highest BCUT2D eigenvalue weighted by Crippen LogP contribution is 2.29. The van der Waals surface area contributed by atoms with Crippen LogP contribution in [-0.4, -0.2) is 6.54 Å². The Bertz CT molecular complexity index is 590. The van der Waals surface area contributed by atoms with E-state index in [1.54, 1.807) is 12.1 Å². The second-order valence-electron chi connectivity index (χ2n) is 3.97. The molecule has 5 heteroatoms. The number of ether oxygens (including phenoxy) is 1. The molecule has 0 amide bonds. The predicted molar refractivity (Wildman–Crippen MR) is 73.3 cm³/mol. The van der Waals surface area contributed by atoms with E-state index in [0.717, 1.165) is 28.6 Å². The third-order valence-electron chi connectivity index (χ3n) is 2.56. The Labute approximate surface area is 118 Å². The molecule has 0 atom stereocenters. The van der Waals surface area contributed by atoms with Crippen molar-refractivity contribution in [3.63, 3.8) is 0 Å². The summed E-state index contributed by atoms with van der Waals surface area (Å²) in [5.74, 6) is -0.912. The lowest BCUT2D eigenvalue weighted by atomic mass is 10.1. The van der Waals surface area contributed by atoms with Gasteiger partial charge in [0.05, 0.1) is 0 Å². The Morgan fingerprint density at radius 3 is 2.53 bits per heavy atom. The lowest BCUT2D eigenvalue weighted by Gasteiger charge is -2.09. The van der Waals surface area contributed by atoms with Crippen molar-refractivity contribution in [3.8, 4) is 11.5 Å². The Hall–Kier alpha value is -1.46. The van der Waals surface area contributed by atoms with Crippen molar-refractivity contribution in [1.29, 1.82) is 0 Å². The van der Waals surface area contributed by atoms with Gasteiger partial charge in [-0.3, -0.25) is 0 Å². The second-order valence-corrected chi connectivity index (χ2v) is 4.82. The molecule has 0 aromatic heterocycles. The Morgan fingerprint density at radius 1 is 1.11 bits per heavy atom. The van der Waals surface area contributed by atoms with Crippen molar-refractivity contribution in [3.05, 3.63) is 58.1 Å². The molecule has 0 aliphatic carbocycles. The molecular formula is C14H12BrF2NO. The van der Waals surface area contributed by atoms with Crippen LogP contribution in [0.15, 0.2) is 40.9 Å². The van der Waals surface area contributed by atoms with Crippen LogP contribution in [0.2, 0.25) is 0 Å². The summed E-state index contributed by atoms with van der Waals surface area (Å²) in [6, 6.07) is 8.50. The third kappa shape index (κ3) is 3.52. The van der Waals surface area contributed by atoms with Crippen molar-refractivity contribution in [2.24, 2.45) is 5.73 Å². The highest BCUT2D eigenvalue weighted by atomic mass is 79.9. The number of benzene rings is 2. The van der Waals surface area contributed by atoms with E-state index in [-0.39, 0.29) is 5.75 Å². The maximum absolute atomic E-state index is 13.4. The van der Waals surface area contributed by atoms with Crippen molar-refractivity contribution in [2.45, 2.75) is 6.42 Å². The van der Waals surface area contributed by atoms with E-state index in [4.69, 9.17) is 10.5 Å². The fourth-order valence-corrected chi connectivity index (χ4v) is 2.19. The monoisotopic (exact) mass is 327 g/mol. The number of hydrogen-bond acceptors (Lipinski definition) is 2. The van der Waals surface area contributed by atoms with Gasteiger partial charge in [-0.15, -0.1) is 0 Å². The highest BCUT2D eigenvalue weighted by Gasteiger charge is 2.07. The van der Waals surface area contributed by atoms with Crippen molar-refractivity contribution >= 4 is 15.9 Å². The molecule has 2 rings (SSSR count). The van der Waals surface area contributed by atoms with Crippen LogP contribution in [-0.2, 0) is 6.42 Å². The first-order chi connectivity index (χ1) is 9.10. The van der Waals surface area contributed by atoms with Gasteiger partial charge in [0.25, 0.3) is 0 Å². The summed E-state index contributed by atoms with van der Waals surface area (Å²) in [5, 5.41) is 0. The smallest absolute Gasteiger partial charge is 0.168 e. The summed E-state index contributed by atoms with van der Waals surface area (Å²) in [5.41, 5.74) is 6.54.